The summed E-state index contributed by atoms with van der Waals surface area (Å²) in [5.74, 6) is 1.62. The smallest absolute Gasteiger partial charge is 0.191 e. The van der Waals surface area contributed by atoms with Gasteiger partial charge < -0.3 is 15.5 Å². The summed E-state index contributed by atoms with van der Waals surface area (Å²) in [5.41, 5.74) is 3.28. The van der Waals surface area contributed by atoms with Crippen LogP contribution in [0.4, 0.5) is 5.69 Å². The number of rotatable bonds is 6. The summed E-state index contributed by atoms with van der Waals surface area (Å²) in [7, 11) is 0. The van der Waals surface area contributed by atoms with Crippen molar-refractivity contribution in [1.82, 2.24) is 25.2 Å². The third-order valence-electron chi connectivity index (χ3n) is 4.68. The average molecular weight is 503 g/mol. The van der Waals surface area contributed by atoms with E-state index in [1.807, 2.05) is 28.8 Å². The average Bonchev–Trinajstić information content (AvgIpc) is 3.41. The van der Waals surface area contributed by atoms with Crippen molar-refractivity contribution in [3.05, 3.63) is 72.2 Å². The van der Waals surface area contributed by atoms with Crippen LogP contribution in [0, 0.1) is 0 Å². The van der Waals surface area contributed by atoms with E-state index < -0.39 is 0 Å². The molecule has 8 heteroatoms. The molecule has 0 fully saturated rings. The first-order valence-corrected chi connectivity index (χ1v) is 9.63. The van der Waals surface area contributed by atoms with E-state index in [0.717, 1.165) is 37.1 Å². The number of nitrogens with one attached hydrogen (secondary N) is 2. The van der Waals surface area contributed by atoms with Crippen LogP contribution in [0.2, 0.25) is 0 Å². The molecule has 0 unspecified atom stereocenters. The Balaban J connectivity index is 0.00000240. The summed E-state index contributed by atoms with van der Waals surface area (Å²) in [4.78, 5) is 7.04. The minimum absolute atomic E-state index is 0. The second-order valence-electron chi connectivity index (χ2n) is 6.64. The number of halogens is 1. The summed E-state index contributed by atoms with van der Waals surface area (Å²) in [6.07, 6.45) is 6.37. The van der Waals surface area contributed by atoms with Gasteiger partial charge in [-0.15, -0.1) is 34.2 Å². The van der Waals surface area contributed by atoms with Crippen molar-refractivity contribution >= 4 is 41.3 Å². The summed E-state index contributed by atoms with van der Waals surface area (Å²) in [5, 5.41) is 15.1. The molecule has 3 aromatic rings. The molecule has 0 spiro atoms. The fourth-order valence-corrected chi connectivity index (χ4v) is 3.19. The summed E-state index contributed by atoms with van der Waals surface area (Å²) < 4.78 is 1.97. The lowest BCUT2D eigenvalue weighted by Gasteiger charge is -2.17. The molecular formula is C21H26IN7. The SMILES string of the molecule is CCNC(=NCc1ccc(N2CC=CC2)cc1)NCc1nnc2ccccn12.I. The molecule has 0 aliphatic carbocycles. The van der Waals surface area contributed by atoms with Crippen molar-refractivity contribution in [2.24, 2.45) is 4.99 Å². The second-order valence-corrected chi connectivity index (χ2v) is 6.64. The first-order valence-electron chi connectivity index (χ1n) is 9.63. The minimum atomic E-state index is 0. The monoisotopic (exact) mass is 503 g/mol. The lowest BCUT2D eigenvalue weighted by molar-refractivity contribution is 0.765. The number of anilines is 1. The van der Waals surface area contributed by atoms with Gasteiger partial charge in [-0.25, -0.2) is 4.99 Å². The molecule has 1 aliphatic heterocycles. The van der Waals surface area contributed by atoms with Crippen LogP contribution < -0.4 is 15.5 Å². The topological polar surface area (TPSA) is 69.8 Å². The second kappa shape index (κ2) is 10.2. The van der Waals surface area contributed by atoms with Crippen molar-refractivity contribution in [2.75, 3.05) is 24.5 Å². The van der Waals surface area contributed by atoms with E-state index >= 15 is 0 Å². The van der Waals surface area contributed by atoms with E-state index in [0.29, 0.717) is 13.1 Å². The normalized spacial score (nSPS) is 13.6. The van der Waals surface area contributed by atoms with Crippen molar-refractivity contribution in [1.29, 1.82) is 0 Å². The zero-order valence-electron chi connectivity index (χ0n) is 16.5. The molecule has 7 nitrogen and oxygen atoms in total. The third-order valence-corrected chi connectivity index (χ3v) is 4.68. The number of fused-ring (bicyclic) bond motifs is 1. The van der Waals surface area contributed by atoms with Crippen molar-refractivity contribution in [3.63, 3.8) is 0 Å². The quantitative estimate of drug-likeness (QED) is 0.234. The first-order chi connectivity index (χ1) is 13.8. The van der Waals surface area contributed by atoms with Gasteiger partial charge in [0.05, 0.1) is 13.1 Å². The van der Waals surface area contributed by atoms with Crippen LogP contribution in [0.1, 0.15) is 18.3 Å². The van der Waals surface area contributed by atoms with Crippen LogP contribution in [0.25, 0.3) is 5.65 Å². The van der Waals surface area contributed by atoms with Gasteiger partial charge in [-0.3, -0.25) is 4.40 Å². The maximum atomic E-state index is 4.70. The lowest BCUT2D eigenvalue weighted by Crippen LogP contribution is -2.37. The first kappa shape index (κ1) is 21.1. The number of nitrogens with zero attached hydrogens (tertiary/aromatic N) is 5. The number of aliphatic imine (C=N–C) groups is 1. The van der Waals surface area contributed by atoms with Gasteiger partial charge in [0.25, 0.3) is 0 Å². The molecule has 1 aliphatic rings. The van der Waals surface area contributed by atoms with Gasteiger partial charge >= 0.3 is 0 Å². The lowest BCUT2D eigenvalue weighted by atomic mass is 10.2. The van der Waals surface area contributed by atoms with Crippen molar-refractivity contribution < 1.29 is 0 Å². The van der Waals surface area contributed by atoms with Crippen molar-refractivity contribution in [2.45, 2.75) is 20.0 Å². The van der Waals surface area contributed by atoms with E-state index in [2.05, 4.69) is 69.1 Å². The van der Waals surface area contributed by atoms with Gasteiger partial charge in [-0.1, -0.05) is 30.4 Å². The van der Waals surface area contributed by atoms with E-state index in [4.69, 9.17) is 4.99 Å². The van der Waals surface area contributed by atoms with E-state index in [9.17, 15) is 0 Å². The third kappa shape index (κ3) is 5.26. The fraction of sp³-hybridized carbons (Fsp3) is 0.286. The summed E-state index contributed by atoms with van der Waals surface area (Å²) >= 11 is 0. The Morgan fingerprint density at radius 3 is 2.59 bits per heavy atom. The number of aromatic nitrogens is 3. The molecule has 0 bridgehead atoms. The Morgan fingerprint density at radius 2 is 1.83 bits per heavy atom. The molecule has 3 heterocycles. The number of hydrogen-bond acceptors (Lipinski definition) is 4. The van der Waals surface area contributed by atoms with Crippen LogP contribution in [-0.4, -0.2) is 40.2 Å². The molecule has 4 rings (SSSR count). The highest BCUT2D eigenvalue weighted by Gasteiger charge is 2.08. The number of benzene rings is 1. The highest BCUT2D eigenvalue weighted by atomic mass is 127. The molecule has 0 saturated heterocycles. The molecule has 1 aromatic carbocycles. The molecule has 2 aromatic heterocycles. The Kier molecular flexibility index (Phi) is 7.45. The van der Waals surface area contributed by atoms with E-state index in [1.165, 1.54) is 11.3 Å². The van der Waals surface area contributed by atoms with Crippen molar-refractivity contribution in [3.8, 4) is 0 Å². The number of hydrogen-bond donors (Lipinski definition) is 2. The van der Waals surface area contributed by atoms with Crippen LogP contribution in [0.3, 0.4) is 0 Å². The highest BCUT2D eigenvalue weighted by molar-refractivity contribution is 14.0. The van der Waals surface area contributed by atoms with E-state index in [1.54, 1.807) is 0 Å². The predicted molar refractivity (Wildman–Crippen MR) is 128 cm³/mol. The van der Waals surface area contributed by atoms with Gasteiger partial charge in [0.1, 0.15) is 0 Å². The Hall–Kier alpha value is -2.62. The standard InChI is InChI=1S/C21H25N7.HI/c1-2-22-21(24-16-20-26-25-19-7-3-4-14-28(19)20)23-15-17-8-10-18(11-9-17)27-12-5-6-13-27;/h3-11,14H,2,12-13,15-16H2,1H3,(H2,22,23,24);1H. The molecule has 2 N–H and O–H groups in total. The maximum absolute atomic E-state index is 4.70. The van der Waals surface area contributed by atoms with Gasteiger partial charge in [-0.05, 0) is 36.8 Å². The molecule has 0 atom stereocenters. The van der Waals surface area contributed by atoms with Gasteiger partial charge in [0.15, 0.2) is 17.4 Å². The van der Waals surface area contributed by atoms with Gasteiger partial charge in [0.2, 0.25) is 0 Å². The van der Waals surface area contributed by atoms with Crippen LogP contribution in [0.15, 0.2) is 65.8 Å². The van der Waals surface area contributed by atoms with Crippen LogP contribution >= 0.6 is 24.0 Å². The number of pyridine rings is 1. The predicted octanol–water partition coefficient (Wildman–Crippen LogP) is 2.98. The Labute approximate surface area is 188 Å². The van der Waals surface area contributed by atoms with Crippen LogP contribution in [-0.2, 0) is 13.1 Å². The zero-order chi connectivity index (χ0) is 19.2. The van der Waals surface area contributed by atoms with Crippen LogP contribution in [0.5, 0.6) is 0 Å². The summed E-state index contributed by atoms with van der Waals surface area (Å²) in [6.45, 7) is 6.01. The molecule has 0 amide bonds. The number of guanidine groups is 1. The highest BCUT2D eigenvalue weighted by Crippen LogP contribution is 2.17. The van der Waals surface area contributed by atoms with E-state index in [-0.39, 0.29) is 24.0 Å². The Bertz CT molecular complexity index is 970. The van der Waals surface area contributed by atoms with Gasteiger partial charge in [-0.2, -0.15) is 0 Å². The zero-order valence-corrected chi connectivity index (χ0v) is 18.8. The Morgan fingerprint density at radius 1 is 1.03 bits per heavy atom. The maximum Gasteiger partial charge on any atom is 0.191 e. The largest absolute Gasteiger partial charge is 0.364 e. The summed E-state index contributed by atoms with van der Waals surface area (Å²) in [6, 6.07) is 14.5. The molecule has 152 valence electrons. The molecule has 29 heavy (non-hydrogen) atoms. The fourth-order valence-electron chi connectivity index (χ4n) is 3.19. The molecule has 0 saturated carbocycles. The molecular weight excluding hydrogens is 477 g/mol. The molecule has 0 radical (unpaired) electrons. The van der Waals surface area contributed by atoms with Gasteiger partial charge in [0, 0.05) is 31.5 Å². The minimum Gasteiger partial charge on any atom is -0.364 e.